The van der Waals surface area contributed by atoms with Gasteiger partial charge in [0.05, 0.1) is 0 Å². The van der Waals surface area contributed by atoms with E-state index in [0.717, 1.165) is 5.56 Å². The van der Waals surface area contributed by atoms with Crippen molar-refractivity contribution in [2.75, 3.05) is 0 Å². The Labute approximate surface area is 106 Å². The van der Waals surface area contributed by atoms with Crippen molar-refractivity contribution in [1.29, 1.82) is 0 Å². The first-order chi connectivity index (χ1) is 8.61. The van der Waals surface area contributed by atoms with Crippen LogP contribution in [0.15, 0.2) is 35.3 Å². The lowest BCUT2D eigenvalue weighted by Crippen LogP contribution is -2.17. The zero-order chi connectivity index (χ0) is 13.1. The van der Waals surface area contributed by atoms with Gasteiger partial charge in [0.1, 0.15) is 5.82 Å². The van der Waals surface area contributed by atoms with Crippen molar-refractivity contribution in [2.24, 2.45) is 5.73 Å². The third-order valence-corrected chi connectivity index (χ3v) is 2.94. The standard InChI is InChI=1S/C14H17N3O/c1-9(2)10-3-5-11(6-4-10)13-16-8-12(7-15)14(18)17-13/h3-6,8-9H,7,15H2,1-2H3,(H,16,17,18). The van der Waals surface area contributed by atoms with Crippen molar-refractivity contribution in [3.8, 4) is 11.4 Å². The van der Waals surface area contributed by atoms with Gasteiger partial charge >= 0.3 is 0 Å². The Bertz CT molecular complexity index is 585. The van der Waals surface area contributed by atoms with Crippen LogP contribution in [0.1, 0.15) is 30.9 Å². The van der Waals surface area contributed by atoms with E-state index in [4.69, 9.17) is 5.73 Å². The SMILES string of the molecule is CC(C)c1ccc(-c2ncc(CN)c(=O)[nH]2)cc1. The van der Waals surface area contributed by atoms with E-state index >= 15 is 0 Å². The van der Waals surface area contributed by atoms with E-state index in [2.05, 4.69) is 35.9 Å². The van der Waals surface area contributed by atoms with Crippen molar-refractivity contribution in [3.63, 3.8) is 0 Å². The summed E-state index contributed by atoms with van der Waals surface area (Å²) < 4.78 is 0. The fraction of sp³-hybridized carbons (Fsp3) is 0.286. The van der Waals surface area contributed by atoms with Gasteiger partial charge in [0, 0.05) is 23.9 Å². The van der Waals surface area contributed by atoms with Crippen LogP contribution in [0, 0.1) is 0 Å². The number of hydrogen-bond acceptors (Lipinski definition) is 3. The summed E-state index contributed by atoms with van der Waals surface area (Å²) in [6.45, 7) is 4.49. The van der Waals surface area contributed by atoms with Crippen LogP contribution in [0.4, 0.5) is 0 Å². The maximum Gasteiger partial charge on any atom is 0.255 e. The number of nitrogens with one attached hydrogen (secondary N) is 1. The summed E-state index contributed by atoms with van der Waals surface area (Å²) in [5, 5.41) is 0. The average Bonchev–Trinajstić information content (AvgIpc) is 2.38. The molecule has 0 atom stereocenters. The number of aromatic amines is 1. The van der Waals surface area contributed by atoms with Crippen LogP contribution in [-0.2, 0) is 6.54 Å². The molecule has 1 aromatic carbocycles. The molecule has 4 nitrogen and oxygen atoms in total. The van der Waals surface area contributed by atoms with Gasteiger partial charge in [-0.05, 0) is 11.5 Å². The third-order valence-electron chi connectivity index (χ3n) is 2.94. The van der Waals surface area contributed by atoms with Gasteiger partial charge in [0.15, 0.2) is 0 Å². The molecule has 0 unspecified atom stereocenters. The number of rotatable bonds is 3. The molecule has 1 heterocycles. The fourth-order valence-corrected chi connectivity index (χ4v) is 1.74. The van der Waals surface area contributed by atoms with Crippen molar-refractivity contribution in [2.45, 2.75) is 26.3 Å². The molecule has 2 rings (SSSR count). The molecule has 0 aliphatic rings. The van der Waals surface area contributed by atoms with Crippen LogP contribution in [-0.4, -0.2) is 9.97 Å². The van der Waals surface area contributed by atoms with Crippen LogP contribution in [0.3, 0.4) is 0 Å². The van der Waals surface area contributed by atoms with Crippen LogP contribution in [0.2, 0.25) is 0 Å². The topological polar surface area (TPSA) is 71.8 Å². The number of hydrogen-bond donors (Lipinski definition) is 2. The lowest BCUT2D eigenvalue weighted by Gasteiger charge is -2.06. The van der Waals surface area contributed by atoms with Gasteiger partial charge in [0.25, 0.3) is 5.56 Å². The lowest BCUT2D eigenvalue weighted by molar-refractivity contribution is 0.866. The van der Waals surface area contributed by atoms with Gasteiger partial charge in [-0.1, -0.05) is 38.1 Å². The Hall–Kier alpha value is -1.94. The fourth-order valence-electron chi connectivity index (χ4n) is 1.74. The molecule has 0 amide bonds. The maximum atomic E-state index is 11.6. The highest BCUT2D eigenvalue weighted by atomic mass is 16.1. The van der Waals surface area contributed by atoms with Crippen molar-refractivity contribution < 1.29 is 0 Å². The van der Waals surface area contributed by atoms with Gasteiger partial charge < -0.3 is 10.7 Å². The smallest absolute Gasteiger partial charge is 0.255 e. The molecule has 0 spiro atoms. The van der Waals surface area contributed by atoms with E-state index in [9.17, 15) is 4.79 Å². The Kier molecular flexibility index (Phi) is 3.58. The van der Waals surface area contributed by atoms with Crippen LogP contribution >= 0.6 is 0 Å². The highest BCUT2D eigenvalue weighted by molar-refractivity contribution is 5.55. The number of nitrogens with zero attached hydrogens (tertiary/aromatic N) is 1. The molecule has 0 aliphatic heterocycles. The summed E-state index contributed by atoms with van der Waals surface area (Å²) in [5.41, 5.74) is 7.93. The molecular formula is C14H17N3O. The molecule has 0 aliphatic carbocycles. The van der Waals surface area contributed by atoms with E-state index in [1.54, 1.807) is 0 Å². The number of H-pyrrole nitrogens is 1. The summed E-state index contributed by atoms with van der Waals surface area (Å²) in [4.78, 5) is 18.6. The first-order valence-electron chi connectivity index (χ1n) is 6.00. The molecule has 4 heteroatoms. The Morgan fingerprint density at radius 2 is 1.94 bits per heavy atom. The predicted octanol–water partition coefficient (Wildman–Crippen LogP) is 2.02. The first-order valence-corrected chi connectivity index (χ1v) is 6.00. The van der Waals surface area contributed by atoms with E-state index < -0.39 is 0 Å². The zero-order valence-electron chi connectivity index (χ0n) is 10.6. The Balaban J connectivity index is 2.37. The van der Waals surface area contributed by atoms with Crippen LogP contribution < -0.4 is 11.3 Å². The van der Waals surface area contributed by atoms with E-state index in [0.29, 0.717) is 17.3 Å². The minimum Gasteiger partial charge on any atom is -0.326 e. The predicted molar refractivity (Wildman–Crippen MR) is 72.3 cm³/mol. The molecule has 3 N–H and O–H groups in total. The Morgan fingerprint density at radius 1 is 1.28 bits per heavy atom. The van der Waals surface area contributed by atoms with E-state index in [1.165, 1.54) is 11.8 Å². The van der Waals surface area contributed by atoms with Gasteiger partial charge in [0.2, 0.25) is 0 Å². The average molecular weight is 243 g/mol. The quantitative estimate of drug-likeness (QED) is 0.866. The molecule has 18 heavy (non-hydrogen) atoms. The van der Waals surface area contributed by atoms with Crippen molar-refractivity contribution in [1.82, 2.24) is 9.97 Å². The normalized spacial score (nSPS) is 10.9. The molecule has 0 saturated carbocycles. The summed E-state index contributed by atoms with van der Waals surface area (Å²) >= 11 is 0. The summed E-state index contributed by atoms with van der Waals surface area (Å²) in [7, 11) is 0. The Morgan fingerprint density at radius 3 is 2.44 bits per heavy atom. The monoisotopic (exact) mass is 243 g/mol. The highest BCUT2D eigenvalue weighted by Gasteiger charge is 2.04. The number of nitrogens with two attached hydrogens (primary N) is 1. The molecule has 0 saturated heterocycles. The second kappa shape index (κ2) is 5.14. The number of aromatic nitrogens is 2. The summed E-state index contributed by atoms with van der Waals surface area (Å²) in [6.07, 6.45) is 1.53. The minimum absolute atomic E-state index is 0.171. The summed E-state index contributed by atoms with van der Waals surface area (Å²) in [5.74, 6) is 1.07. The van der Waals surface area contributed by atoms with Gasteiger partial charge in [-0.15, -0.1) is 0 Å². The highest BCUT2D eigenvalue weighted by Crippen LogP contribution is 2.19. The van der Waals surface area contributed by atoms with E-state index in [1.807, 2.05) is 12.1 Å². The second-order valence-corrected chi connectivity index (χ2v) is 4.57. The van der Waals surface area contributed by atoms with Crippen molar-refractivity contribution >= 4 is 0 Å². The van der Waals surface area contributed by atoms with Crippen LogP contribution in [0.5, 0.6) is 0 Å². The lowest BCUT2D eigenvalue weighted by atomic mass is 10.0. The largest absolute Gasteiger partial charge is 0.326 e. The molecule has 2 aromatic rings. The van der Waals surface area contributed by atoms with Gasteiger partial charge in [-0.2, -0.15) is 0 Å². The molecule has 1 aromatic heterocycles. The molecule has 0 radical (unpaired) electrons. The summed E-state index contributed by atoms with van der Waals surface area (Å²) in [6, 6.07) is 8.04. The van der Waals surface area contributed by atoms with E-state index in [-0.39, 0.29) is 12.1 Å². The molecular weight excluding hydrogens is 226 g/mol. The third kappa shape index (κ3) is 2.49. The number of benzene rings is 1. The maximum absolute atomic E-state index is 11.6. The van der Waals surface area contributed by atoms with Gasteiger partial charge in [-0.3, -0.25) is 4.79 Å². The molecule has 0 fully saturated rings. The molecule has 0 bridgehead atoms. The minimum atomic E-state index is -0.171. The van der Waals surface area contributed by atoms with Crippen LogP contribution in [0.25, 0.3) is 11.4 Å². The van der Waals surface area contributed by atoms with Gasteiger partial charge in [-0.25, -0.2) is 4.98 Å². The molecule has 94 valence electrons. The second-order valence-electron chi connectivity index (χ2n) is 4.57. The zero-order valence-corrected chi connectivity index (χ0v) is 10.6. The first kappa shape index (κ1) is 12.5. The van der Waals surface area contributed by atoms with Crippen molar-refractivity contribution in [3.05, 3.63) is 51.9 Å².